The largest absolute Gasteiger partial charge is 0.368 e. The average Bonchev–Trinajstić information content (AvgIpc) is 3.60. The quantitative estimate of drug-likeness (QED) is 0.394. The summed E-state index contributed by atoms with van der Waals surface area (Å²) in [5.41, 5.74) is 4.72. The zero-order chi connectivity index (χ0) is 28.3. The Balaban J connectivity index is 1.20. The van der Waals surface area contributed by atoms with Crippen LogP contribution in [-0.4, -0.2) is 52.4 Å². The number of aryl methyl sites for hydroxylation is 1. The molecule has 2 fully saturated rings. The highest BCUT2D eigenvalue weighted by Crippen LogP contribution is 2.28. The van der Waals surface area contributed by atoms with E-state index >= 15 is 0 Å². The van der Waals surface area contributed by atoms with Crippen molar-refractivity contribution < 1.29 is 14.3 Å². The van der Waals surface area contributed by atoms with Crippen LogP contribution in [0.5, 0.6) is 0 Å². The van der Waals surface area contributed by atoms with Crippen molar-refractivity contribution in [1.29, 1.82) is 0 Å². The van der Waals surface area contributed by atoms with Gasteiger partial charge in [0, 0.05) is 36.9 Å². The fourth-order valence-electron chi connectivity index (χ4n) is 5.44. The highest BCUT2D eigenvalue weighted by molar-refractivity contribution is 5.99. The number of aromatic nitrogens is 2. The van der Waals surface area contributed by atoms with E-state index in [2.05, 4.69) is 37.5 Å². The zero-order valence-corrected chi connectivity index (χ0v) is 24.1. The summed E-state index contributed by atoms with van der Waals surface area (Å²) in [5.74, 6) is 1.29. The van der Waals surface area contributed by atoms with Crippen LogP contribution in [0.15, 0.2) is 54.6 Å². The number of likely N-dealkylation sites (tertiary alicyclic amines) is 1. The monoisotopic (exact) mass is 543 g/mol. The summed E-state index contributed by atoms with van der Waals surface area (Å²) in [6.45, 7) is 10.6. The maximum absolute atomic E-state index is 13.1. The van der Waals surface area contributed by atoms with Crippen LogP contribution in [0.2, 0.25) is 0 Å². The highest BCUT2D eigenvalue weighted by atomic mass is 16.5. The SMILES string of the molecule is Cc1ccc(-n2nc(C(C)(C)C)cc2NC(=O)Nc2cccc(CC3CCN(C(=O)C4CCCO4)CC3)c2)cc1. The minimum absolute atomic E-state index is 0.159. The normalized spacial score (nSPS) is 18.1. The molecule has 1 aromatic heterocycles. The fraction of sp³-hybridized carbons (Fsp3) is 0.469. The van der Waals surface area contributed by atoms with Crippen LogP contribution in [0.3, 0.4) is 0 Å². The smallest absolute Gasteiger partial charge is 0.324 e. The Morgan fingerprint density at radius 2 is 1.75 bits per heavy atom. The number of carbonyl (C=O) groups excluding carboxylic acids is 2. The number of carbonyl (C=O) groups is 2. The molecule has 0 bridgehead atoms. The molecule has 2 N–H and O–H groups in total. The number of nitrogens with zero attached hydrogens (tertiary/aromatic N) is 3. The van der Waals surface area contributed by atoms with Gasteiger partial charge in [0.15, 0.2) is 0 Å². The number of piperidine rings is 1. The third-order valence-corrected chi connectivity index (χ3v) is 7.84. The number of hydrogen-bond acceptors (Lipinski definition) is 4. The van der Waals surface area contributed by atoms with E-state index in [-0.39, 0.29) is 23.5 Å². The molecule has 8 heteroatoms. The number of anilines is 2. The van der Waals surface area contributed by atoms with Crippen molar-refractivity contribution in [3.8, 4) is 5.69 Å². The van der Waals surface area contributed by atoms with E-state index in [0.717, 1.165) is 67.8 Å². The first kappa shape index (κ1) is 27.9. The Hall–Kier alpha value is -3.65. The molecule has 1 unspecified atom stereocenters. The van der Waals surface area contributed by atoms with Crippen molar-refractivity contribution >= 4 is 23.4 Å². The number of hydrogen-bond donors (Lipinski definition) is 2. The van der Waals surface area contributed by atoms with Gasteiger partial charge in [0.1, 0.15) is 11.9 Å². The lowest BCUT2D eigenvalue weighted by Gasteiger charge is -2.33. The summed E-state index contributed by atoms with van der Waals surface area (Å²) in [5, 5.41) is 10.8. The molecule has 40 heavy (non-hydrogen) atoms. The molecule has 2 aliphatic heterocycles. The van der Waals surface area contributed by atoms with E-state index in [1.807, 2.05) is 60.4 Å². The number of urea groups is 1. The molecule has 0 saturated carbocycles. The van der Waals surface area contributed by atoms with E-state index in [1.165, 1.54) is 5.56 Å². The predicted octanol–water partition coefficient (Wildman–Crippen LogP) is 6.08. The molecule has 1 atom stereocenters. The molecular weight excluding hydrogens is 502 g/mol. The number of ether oxygens (including phenoxy) is 1. The first-order valence-corrected chi connectivity index (χ1v) is 14.4. The van der Waals surface area contributed by atoms with E-state index < -0.39 is 0 Å². The van der Waals surface area contributed by atoms with Crippen LogP contribution in [0.25, 0.3) is 5.69 Å². The van der Waals surface area contributed by atoms with Gasteiger partial charge in [0.05, 0.1) is 11.4 Å². The fourth-order valence-corrected chi connectivity index (χ4v) is 5.44. The first-order chi connectivity index (χ1) is 19.2. The van der Waals surface area contributed by atoms with E-state index in [9.17, 15) is 9.59 Å². The van der Waals surface area contributed by atoms with Gasteiger partial charge in [-0.2, -0.15) is 5.10 Å². The van der Waals surface area contributed by atoms with Gasteiger partial charge in [-0.05, 0) is 74.8 Å². The number of rotatable bonds is 6. The Morgan fingerprint density at radius 3 is 2.42 bits per heavy atom. The zero-order valence-electron chi connectivity index (χ0n) is 24.1. The summed E-state index contributed by atoms with van der Waals surface area (Å²) < 4.78 is 7.37. The third-order valence-electron chi connectivity index (χ3n) is 7.84. The van der Waals surface area contributed by atoms with Crippen LogP contribution in [0.4, 0.5) is 16.3 Å². The second kappa shape index (κ2) is 11.8. The summed E-state index contributed by atoms with van der Waals surface area (Å²) in [6, 6.07) is 17.7. The van der Waals surface area contributed by atoms with Gasteiger partial charge in [-0.3, -0.25) is 10.1 Å². The second-order valence-corrected chi connectivity index (χ2v) is 12.2. The van der Waals surface area contributed by atoms with Crippen molar-refractivity contribution in [3.05, 3.63) is 71.4 Å². The molecule has 0 aliphatic carbocycles. The standard InChI is InChI=1S/C32H41N5O3/c1-22-10-12-26(13-11-22)37-29(21-28(35-37)32(2,3)4)34-31(39)33-25-8-5-7-24(20-25)19-23-14-16-36(17-15-23)30(38)27-9-6-18-40-27/h5,7-8,10-13,20-21,23,27H,6,9,14-19H2,1-4H3,(H2,33,34,39). The van der Waals surface area contributed by atoms with Gasteiger partial charge in [-0.1, -0.05) is 50.6 Å². The van der Waals surface area contributed by atoms with Crippen molar-refractivity contribution in [2.24, 2.45) is 5.92 Å². The number of amides is 3. The lowest BCUT2D eigenvalue weighted by molar-refractivity contribution is -0.142. The summed E-state index contributed by atoms with van der Waals surface area (Å²) >= 11 is 0. The topological polar surface area (TPSA) is 88.5 Å². The third kappa shape index (κ3) is 6.73. The Morgan fingerprint density at radius 1 is 1.00 bits per heavy atom. The molecule has 3 amide bonds. The van der Waals surface area contributed by atoms with Crippen LogP contribution in [0.1, 0.15) is 63.3 Å². The van der Waals surface area contributed by atoms with Gasteiger partial charge in [0.2, 0.25) is 0 Å². The summed E-state index contributed by atoms with van der Waals surface area (Å²) in [6.07, 6.45) is 4.47. The van der Waals surface area contributed by atoms with Gasteiger partial charge >= 0.3 is 6.03 Å². The molecule has 3 heterocycles. The minimum Gasteiger partial charge on any atom is -0.368 e. The van der Waals surface area contributed by atoms with Gasteiger partial charge in [0.25, 0.3) is 5.91 Å². The molecule has 3 aromatic rings. The van der Waals surface area contributed by atoms with Gasteiger partial charge in [-0.25, -0.2) is 9.48 Å². The molecule has 0 spiro atoms. The van der Waals surface area contributed by atoms with Crippen molar-refractivity contribution in [3.63, 3.8) is 0 Å². The molecule has 5 rings (SSSR count). The van der Waals surface area contributed by atoms with Crippen molar-refractivity contribution in [2.45, 2.75) is 71.3 Å². The molecular formula is C32H41N5O3. The van der Waals surface area contributed by atoms with Gasteiger partial charge in [-0.15, -0.1) is 0 Å². The van der Waals surface area contributed by atoms with Crippen LogP contribution in [-0.2, 0) is 21.4 Å². The Labute approximate surface area is 237 Å². The predicted molar refractivity (Wildman–Crippen MR) is 158 cm³/mol. The molecule has 212 valence electrons. The highest BCUT2D eigenvalue weighted by Gasteiger charge is 2.31. The van der Waals surface area contributed by atoms with Crippen LogP contribution in [0, 0.1) is 12.8 Å². The maximum atomic E-state index is 13.1. The Bertz CT molecular complexity index is 1330. The molecule has 2 aromatic carbocycles. The van der Waals surface area contributed by atoms with E-state index in [0.29, 0.717) is 18.3 Å². The maximum Gasteiger partial charge on any atom is 0.324 e. The van der Waals surface area contributed by atoms with Crippen molar-refractivity contribution in [2.75, 3.05) is 30.3 Å². The lowest BCUT2D eigenvalue weighted by Crippen LogP contribution is -2.44. The average molecular weight is 544 g/mol. The number of benzene rings is 2. The van der Waals surface area contributed by atoms with E-state index in [4.69, 9.17) is 9.84 Å². The Kier molecular flexibility index (Phi) is 8.26. The summed E-state index contributed by atoms with van der Waals surface area (Å²) in [4.78, 5) is 27.7. The van der Waals surface area contributed by atoms with Crippen LogP contribution < -0.4 is 10.6 Å². The van der Waals surface area contributed by atoms with Crippen molar-refractivity contribution in [1.82, 2.24) is 14.7 Å². The molecule has 2 aliphatic rings. The first-order valence-electron chi connectivity index (χ1n) is 14.4. The van der Waals surface area contributed by atoms with E-state index in [1.54, 1.807) is 4.68 Å². The number of nitrogens with one attached hydrogen (secondary N) is 2. The second-order valence-electron chi connectivity index (χ2n) is 12.2. The van der Waals surface area contributed by atoms with Gasteiger partial charge < -0.3 is 15.0 Å². The lowest BCUT2D eigenvalue weighted by atomic mass is 9.90. The van der Waals surface area contributed by atoms with Crippen LogP contribution >= 0.6 is 0 Å². The molecule has 8 nitrogen and oxygen atoms in total. The minimum atomic E-state index is -0.313. The summed E-state index contributed by atoms with van der Waals surface area (Å²) in [7, 11) is 0. The molecule has 2 saturated heterocycles. The molecule has 0 radical (unpaired) electrons.